The third-order valence-electron chi connectivity index (χ3n) is 2.12. The molecule has 0 aliphatic heterocycles. The first-order chi connectivity index (χ1) is 9.39. The van der Waals surface area contributed by atoms with E-state index in [1.807, 2.05) is 0 Å². The molecular formula is C11H7F3N2O4. The number of alkyl halides is 3. The molecule has 0 bridgehead atoms. The van der Waals surface area contributed by atoms with Crippen LogP contribution in [0, 0.1) is 0 Å². The summed E-state index contributed by atoms with van der Waals surface area (Å²) in [6.45, 7) is 0. The number of ether oxygens (including phenoxy) is 2. The molecule has 2 rings (SSSR count). The minimum absolute atomic E-state index is 0.0241. The third-order valence-corrected chi connectivity index (χ3v) is 2.12. The molecule has 0 saturated carbocycles. The number of benzene rings is 1. The molecule has 20 heavy (non-hydrogen) atoms. The van der Waals surface area contributed by atoms with Crippen molar-refractivity contribution in [2.24, 2.45) is 0 Å². The molecule has 1 aromatic heterocycles. The van der Waals surface area contributed by atoms with E-state index >= 15 is 0 Å². The van der Waals surface area contributed by atoms with Gasteiger partial charge < -0.3 is 13.9 Å². The Labute approximate surface area is 110 Å². The predicted octanol–water partition coefficient (Wildman–Crippen LogP) is 2.42. The maximum absolute atomic E-state index is 12.0. The van der Waals surface area contributed by atoms with Crippen LogP contribution in [-0.4, -0.2) is 29.6 Å². The van der Waals surface area contributed by atoms with Gasteiger partial charge in [-0.05, 0) is 24.3 Å². The normalized spacial score (nSPS) is 11.2. The van der Waals surface area contributed by atoms with E-state index in [9.17, 15) is 18.0 Å². The number of carbonyl (C=O) groups excluding carboxylic acids is 1. The highest BCUT2D eigenvalue weighted by atomic mass is 19.4. The molecule has 2 aromatic rings. The molecule has 106 valence electrons. The van der Waals surface area contributed by atoms with Crippen LogP contribution in [-0.2, 0) is 4.74 Å². The average Bonchev–Trinajstić information content (AvgIpc) is 2.86. The van der Waals surface area contributed by atoms with Gasteiger partial charge in [-0.25, -0.2) is 4.79 Å². The summed E-state index contributed by atoms with van der Waals surface area (Å²) in [6, 6.07) is 4.75. The summed E-state index contributed by atoms with van der Waals surface area (Å²) < 4.78 is 49.0. The number of hydrogen-bond donors (Lipinski definition) is 0. The molecule has 0 N–H and O–H groups in total. The largest absolute Gasteiger partial charge is 0.573 e. The van der Waals surface area contributed by atoms with Gasteiger partial charge >= 0.3 is 18.2 Å². The Hall–Kier alpha value is -2.58. The Morgan fingerprint density at radius 2 is 1.85 bits per heavy atom. The van der Waals surface area contributed by atoms with Gasteiger partial charge in [-0.1, -0.05) is 0 Å². The lowest BCUT2D eigenvalue weighted by molar-refractivity contribution is -0.274. The third kappa shape index (κ3) is 3.25. The van der Waals surface area contributed by atoms with Crippen LogP contribution in [0.1, 0.15) is 10.7 Å². The van der Waals surface area contributed by atoms with Crippen molar-refractivity contribution in [3.63, 3.8) is 0 Å². The van der Waals surface area contributed by atoms with Crippen molar-refractivity contribution in [2.45, 2.75) is 6.36 Å². The minimum atomic E-state index is -4.76. The van der Waals surface area contributed by atoms with E-state index in [4.69, 9.17) is 4.42 Å². The molecule has 0 spiro atoms. The quantitative estimate of drug-likeness (QED) is 0.807. The standard InChI is InChI=1S/C11H7F3N2O4/c1-18-10(17)9-16-15-8(19-9)6-2-4-7(5-3-6)20-11(12,13)14/h2-5H,1H3. The zero-order valence-corrected chi connectivity index (χ0v) is 9.97. The summed E-state index contributed by atoms with van der Waals surface area (Å²) >= 11 is 0. The van der Waals surface area contributed by atoms with E-state index in [-0.39, 0.29) is 17.5 Å². The topological polar surface area (TPSA) is 74.5 Å². The molecule has 0 unspecified atom stereocenters. The molecule has 0 radical (unpaired) electrons. The fraction of sp³-hybridized carbons (Fsp3) is 0.182. The highest BCUT2D eigenvalue weighted by Gasteiger charge is 2.31. The molecule has 1 aromatic carbocycles. The Balaban J connectivity index is 2.18. The second kappa shape index (κ2) is 5.19. The predicted molar refractivity (Wildman–Crippen MR) is 57.8 cm³/mol. The van der Waals surface area contributed by atoms with Crippen molar-refractivity contribution in [1.29, 1.82) is 0 Å². The summed E-state index contributed by atoms with van der Waals surface area (Å²) in [7, 11) is 1.15. The highest BCUT2D eigenvalue weighted by molar-refractivity contribution is 5.84. The van der Waals surface area contributed by atoms with Crippen molar-refractivity contribution in [3.05, 3.63) is 30.2 Å². The monoisotopic (exact) mass is 288 g/mol. The molecule has 0 saturated heterocycles. The first-order valence-electron chi connectivity index (χ1n) is 5.17. The summed E-state index contributed by atoms with van der Waals surface area (Å²) in [5.74, 6) is -1.56. The van der Waals surface area contributed by atoms with E-state index < -0.39 is 12.3 Å². The fourth-order valence-electron chi connectivity index (χ4n) is 1.31. The first kappa shape index (κ1) is 13.8. The van der Waals surface area contributed by atoms with Gasteiger partial charge in [0.1, 0.15) is 5.75 Å². The molecule has 0 amide bonds. The van der Waals surface area contributed by atoms with E-state index in [0.717, 1.165) is 19.2 Å². The number of nitrogens with zero attached hydrogens (tertiary/aromatic N) is 2. The number of carbonyl (C=O) groups is 1. The van der Waals surface area contributed by atoms with Crippen molar-refractivity contribution < 1.29 is 31.9 Å². The van der Waals surface area contributed by atoms with Crippen LogP contribution >= 0.6 is 0 Å². The lowest BCUT2D eigenvalue weighted by Crippen LogP contribution is -2.16. The fourth-order valence-corrected chi connectivity index (χ4v) is 1.31. The first-order valence-corrected chi connectivity index (χ1v) is 5.17. The second-order valence-corrected chi connectivity index (χ2v) is 3.48. The number of rotatable bonds is 3. The van der Waals surface area contributed by atoms with E-state index in [0.29, 0.717) is 5.56 Å². The van der Waals surface area contributed by atoms with Crippen LogP contribution in [0.2, 0.25) is 0 Å². The van der Waals surface area contributed by atoms with Gasteiger partial charge in [-0.2, -0.15) is 0 Å². The SMILES string of the molecule is COC(=O)c1nnc(-c2ccc(OC(F)(F)F)cc2)o1. The summed E-state index contributed by atoms with van der Waals surface area (Å²) in [6.07, 6.45) is -4.76. The van der Waals surface area contributed by atoms with Crippen LogP contribution in [0.25, 0.3) is 11.5 Å². The number of hydrogen-bond acceptors (Lipinski definition) is 6. The Morgan fingerprint density at radius 3 is 2.40 bits per heavy atom. The number of halogens is 3. The van der Waals surface area contributed by atoms with Gasteiger partial charge in [0.05, 0.1) is 7.11 Å². The smallest absolute Gasteiger partial charge is 0.462 e. The minimum Gasteiger partial charge on any atom is -0.462 e. The zero-order chi connectivity index (χ0) is 14.8. The Bertz CT molecular complexity index is 607. The van der Waals surface area contributed by atoms with Gasteiger partial charge in [0.15, 0.2) is 0 Å². The highest BCUT2D eigenvalue weighted by Crippen LogP contribution is 2.25. The average molecular weight is 288 g/mol. The van der Waals surface area contributed by atoms with E-state index in [1.54, 1.807) is 0 Å². The molecule has 0 fully saturated rings. The lowest BCUT2D eigenvalue weighted by atomic mass is 10.2. The molecule has 0 atom stereocenters. The van der Waals surface area contributed by atoms with Crippen LogP contribution < -0.4 is 4.74 Å². The molecule has 9 heteroatoms. The van der Waals surface area contributed by atoms with Crippen LogP contribution in [0.15, 0.2) is 28.7 Å². The van der Waals surface area contributed by atoms with Crippen molar-refractivity contribution >= 4 is 5.97 Å². The van der Waals surface area contributed by atoms with Crippen LogP contribution in [0.4, 0.5) is 13.2 Å². The second-order valence-electron chi connectivity index (χ2n) is 3.48. The Morgan fingerprint density at radius 1 is 1.20 bits per heavy atom. The van der Waals surface area contributed by atoms with Crippen LogP contribution in [0.3, 0.4) is 0 Å². The maximum Gasteiger partial charge on any atom is 0.573 e. The van der Waals surface area contributed by atoms with E-state index in [2.05, 4.69) is 19.7 Å². The lowest BCUT2D eigenvalue weighted by Gasteiger charge is -2.08. The van der Waals surface area contributed by atoms with E-state index in [1.165, 1.54) is 12.1 Å². The number of methoxy groups -OCH3 is 1. The van der Waals surface area contributed by atoms with Crippen molar-refractivity contribution in [3.8, 4) is 17.2 Å². The van der Waals surface area contributed by atoms with Gasteiger partial charge in [0.25, 0.3) is 0 Å². The molecule has 0 aliphatic carbocycles. The maximum atomic E-state index is 12.0. The van der Waals surface area contributed by atoms with Crippen molar-refractivity contribution in [2.75, 3.05) is 7.11 Å². The van der Waals surface area contributed by atoms with Gasteiger partial charge in [0, 0.05) is 5.56 Å². The summed E-state index contributed by atoms with van der Waals surface area (Å²) in [4.78, 5) is 11.1. The Kier molecular flexibility index (Phi) is 3.59. The van der Waals surface area contributed by atoms with Crippen LogP contribution in [0.5, 0.6) is 5.75 Å². The van der Waals surface area contributed by atoms with Crippen molar-refractivity contribution in [1.82, 2.24) is 10.2 Å². The van der Waals surface area contributed by atoms with Gasteiger partial charge in [-0.3, -0.25) is 0 Å². The molecule has 1 heterocycles. The van der Waals surface area contributed by atoms with Gasteiger partial charge in [0.2, 0.25) is 5.89 Å². The molecule has 6 nitrogen and oxygen atoms in total. The van der Waals surface area contributed by atoms with Gasteiger partial charge in [-0.15, -0.1) is 23.4 Å². The summed E-state index contributed by atoms with van der Waals surface area (Å²) in [5, 5.41) is 7.02. The number of esters is 1. The summed E-state index contributed by atoms with van der Waals surface area (Å²) in [5.41, 5.74) is 0.335. The number of aromatic nitrogens is 2. The zero-order valence-electron chi connectivity index (χ0n) is 9.97. The molecule has 0 aliphatic rings. The molecular weight excluding hydrogens is 281 g/mol.